The molecule has 0 aliphatic carbocycles. The normalized spacial score (nSPS) is 12.1. The van der Waals surface area contributed by atoms with Crippen molar-refractivity contribution in [3.05, 3.63) is 42.6 Å². The molecule has 10 nitrogen and oxygen atoms in total. The van der Waals surface area contributed by atoms with E-state index in [1.54, 1.807) is 44.3 Å². The number of benzene rings is 2. The van der Waals surface area contributed by atoms with Crippen molar-refractivity contribution in [3.63, 3.8) is 0 Å². The van der Waals surface area contributed by atoms with Gasteiger partial charge >= 0.3 is 0 Å². The highest BCUT2D eigenvalue weighted by atomic mass is 32.2. The highest BCUT2D eigenvalue weighted by molar-refractivity contribution is 7.92. The largest absolute Gasteiger partial charge is 0.505 e. The summed E-state index contributed by atoms with van der Waals surface area (Å²) < 4.78 is 30.5. The quantitative estimate of drug-likeness (QED) is 0.261. The van der Waals surface area contributed by atoms with E-state index in [1.807, 2.05) is 6.07 Å². The molecule has 2 aromatic carbocycles. The number of fused-ring (bicyclic) bond motifs is 2. The predicted octanol–water partition coefficient (Wildman–Crippen LogP) is 4.93. The summed E-state index contributed by atoms with van der Waals surface area (Å²) in [4.78, 5) is 16.5. The Labute approximate surface area is 193 Å². The number of nitrogens with zero attached hydrogens (tertiary/aromatic N) is 4. The zero-order chi connectivity index (χ0) is 23.8. The molecule has 2 aromatic heterocycles. The van der Waals surface area contributed by atoms with Gasteiger partial charge in [-0.2, -0.15) is 4.37 Å². The maximum atomic E-state index is 12.3. The Morgan fingerprint density at radius 1 is 1.12 bits per heavy atom. The van der Waals surface area contributed by atoms with Gasteiger partial charge in [0, 0.05) is 22.9 Å². The maximum Gasteiger partial charge on any atom is 0.229 e. The number of sulfonamides is 1. The number of aromatic hydroxyl groups is 1. The van der Waals surface area contributed by atoms with Crippen molar-refractivity contribution in [3.8, 4) is 5.75 Å². The topological polar surface area (TPSA) is 146 Å². The lowest BCUT2D eigenvalue weighted by Gasteiger charge is -2.15. The van der Waals surface area contributed by atoms with Crippen molar-refractivity contribution in [1.82, 2.24) is 9.36 Å². The van der Waals surface area contributed by atoms with Gasteiger partial charge in [-0.3, -0.25) is 9.52 Å². The van der Waals surface area contributed by atoms with Crippen molar-refractivity contribution in [2.75, 3.05) is 16.3 Å². The summed E-state index contributed by atoms with van der Waals surface area (Å²) in [5.74, 6) is -0.820. The van der Waals surface area contributed by atoms with Gasteiger partial charge in [0.05, 0.1) is 28.7 Å². The van der Waals surface area contributed by atoms with Crippen molar-refractivity contribution in [2.45, 2.75) is 13.8 Å². The molecule has 33 heavy (non-hydrogen) atoms. The summed E-state index contributed by atoms with van der Waals surface area (Å²) in [5.41, 5.74) is 1.15. The van der Waals surface area contributed by atoms with Crippen molar-refractivity contribution in [1.29, 1.82) is 0 Å². The number of phenols is 1. The number of phenolic OH excluding ortho intramolecular Hbond substituents is 1. The summed E-state index contributed by atoms with van der Waals surface area (Å²) in [6.07, 6.45) is 2.66. The first kappa shape index (κ1) is 22.6. The highest BCUT2D eigenvalue weighted by Gasteiger charge is 2.19. The van der Waals surface area contributed by atoms with E-state index in [2.05, 4.69) is 29.6 Å². The van der Waals surface area contributed by atoms with Gasteiger partial charge in [0.15, 0.2) is 10.6 Å². The molecule has 0 aliphatic heterocycles. The van der Waals surface area contributed by atoms with Crippen LogP contribution in [0.2, 0.25) is 0 Å². The van der Waals surface area contributed by atoms with Gasteiger partial charge in [0.1, 0.15) is 5.75 Å². The molecular weight excluding hydrogens is 464 g/mol. The number of aromatic nitrogens is 2. The van der Waals surface area contributed by atoms with Crippen LogP contribution in [0.4, 0.5) is 22.1 Å². The summed E-state index contributed by atoms with van der Waals surface area (Å²) in [6, 6.07) is 9.79. The standard InChI is InChI=1S/C21H20N6O4S2/c1-11(2)20(29)23-16-10-15(24-25-21-13-7-5-9-22-19(13)26-32-21)17-12(18(16)28)6-4-8-14(17)27-33(3,30)31/h4-11,27-28H,1-3H3,(H,23,29). The van der Waals surface area contributed by atoms with Crippen molar-refractivity contribution >= 4 is 71.3 Å². The second kappa shape index (κ2) is 8.71. The Kier molecular flexibility index (Phi) is 5.95. The number of nitrogens with one attached hydrogen (secondary N) is 2. The number of azo groups is 1. The highest BCUT2D eigenvalue weighted by Crippen LogP contribution is 2.44. The monoisotopic (exact) mass is 484 g/mol. The Bertz CT molecular complexity index is 1510. The fourth-order valence-corrected chi connectivity index (χ4v) is 4.35. The Morgan fingerprint density at radius 2 is 1.88 bits per heavy atom. The molecule has 0 atom stereocenters. The fourth-order valence-electron chi connectivity index (χ4n) is 3.13. The molecule has 0 fully saturated rings. The summed E-state index contributed by atoms with van der Waals surface area (Å²) >= 11 is 1.12. The van der Waals surface area contributed by atoms with Crippen molar-refractivity contribution < 1.29 is 18.3 Å². The van der Waals surface area contributed by atoms with Gasteiger partial charge in [-0.15, -0.1) is 10.2 Å². The first-order chi connectivity index (χ1) is 15.6. The Morgan fingerprint density at radius 3 is 2.61 bits per heavy atom. The minimum Gasteiger partial charge on any atom is -0.505 e. The Hall–Kier alpha value is -3.64. The van der Waals surface area contributed by atoms with Crippen LogP contribution in [0.25, 0.3) is 21.8 Å². The van der Waals surface area contributed by atoms with Crippen molar-refractivity contribution in [2.24, 2.45) is 16.1 Å². The molecule has 170 valence electrons. The lowest BCUT2D eigenvalue weighted by molar-refractivity contribution is -0.118. The van der Waals surface area contributed by atoms with Gasteiger partial charge < -0.3 is 10.4 Å². The van der Waals surface area contributed by atoms with Crippen LogP contribution in [0.3, 0.4) is 0 Å². The van der Waals surface area contributed by atoms with Gasteiger partial charge in [0.25, 0.3) is 0 Å². The van der Waals surface area contributed by atoms with E-state index in [0.29, 0.717) is 21.4 Å². The zero-order valence-electron chi connectivity index (χ0n) is 17.9. The molecule has 2 heterocycles. The van der Waals surface area contributed by atoms with Crippen LogP contribution in [0, 0.1) is 5.92 Å². The van der Waals surface area contributed by atoms with Gasteiger partial charge in [0.2, 0.25) is 15.9 Å². The Balaban J connectivity index is 1.92. The smallest absolute Gasteiger partial charge is 0.229 e. The van der Waals surface area contributed by atoms with Gasteiger partial charge in [-0.25, -0.2) is 13.4 Å². The molecule has 3 N–H and O–H groups in total. The third-order valence-electron chi connectivity index (χ3n) is 4.67. The number of rotatable bonds is 6. The molecular formula is C21H20N6O4S2. The third kappa shape index (κ3) is 4.76. The van der Waals surface area contributed by atoms with Crippen LogP contribution in [0.5, 0.6) is 5.75 Å². The average Bonchev–Trinajstić information content (AvgIpc) is 3.17. The van der Waals surface area contributed by atoms with E-state index >= 15 is 0 Å². The molecule has 0 saturated heterocycles. The molecule has 0 radical (unpaired) electrons. The zero-order valence-corrected chi connectivity index (χ0v) is 19.5. The summed E-state index contributed by atoms with van der Waals surface area (Å²) in [7, 11) is -3.62. The van der Waals surface area contributed by atoms with E-state index in [4.69, 9.17) is 0 Å². The number of carbonyl (C=O) groups is 1. The number of hydrogen-bond donors (Lipinski definition) is 3. The molecule has 4 rings (SSSR count). The number of anilines is 2. The lowest BCUT2D eigenvalue weighted by Crippen LogP contribution is -2.17. The van der Waals surface area contributed by atoms with Crippen LogP contribution in [0.15, 0.2) is 52.8 Å². The molecule has 0 aliphatic rings. The molecule has 0 saturated carbocycles. The van der Waals surface area contributed by atoms with E-state index in [0.717, 1.165) is 23.2 Å². The molecule has 4 aromatic rings. The average molecular weight is 485 g/mol. The van der Waals surface area contributed by atoms with Gasteiger partial charge in [-0.1, -0.05) is 26.0 Å². The SMILES string of the molecule is CC(C)C(=O)Nc1cc(N=Nc2snc3ncccc23)c2c(NS(C)(=O)=O)cccc2c1O. The minimum atomic E-state index is -3.62. The van der Waals surface area contributed by atoms with E-state index in [1.165, 1.54) is 6.07 Å². The molecule has 0 spiro atoms. The maximum absolute atomic E-state index is 12.3. The first-order valence-corrected chi connectivity index (χ1v) is 12.5. The fraction of sp³-hybridized carbons (Fsp3) is 0.190. The first-order valence-electron chi connectivity index (χ1n) is 9.83. The summed E-state index contributed by atoms with van der Waals surface area (Å²) in [6.45, 7) is 3.45. The van der Waals surface area contributed by atoms with E-state index in [-0.39, 0.29) is 34.6 Å². The second-order valence-electron chi connectivity index (χ2n) is 7.60. The third-order valence-corrected chi connectivity index (χ3v) is 6.00. The van der Waals surface area contributed by atoms with Crippen LogP contribution in [-0.2, 0) is 14.8 Å². The van der Waals surface area contributed by atoms with Crippen LogP contribution in [-0.4, -0.2) is 35.0 Å². The number of hydrogen-bond acceptors (Lipinski definition) is 9. The number of amides is 1. The van der Waals surface area contributed by atoms with E-state index < -0.39 is 10.0 Å². The minimum absolute atomic E-state index is 0.141. The number of carbonyl (C=O) groups excluding carboxylic acids is 1. The molecule has 12 heteroatoms. The molecule has 0 unspecified atom stereocenters. The molecule has 0 bridgehead atoms. The van der Waals surface area contributed by atoms with Crippen LogP contribution >= 0.6 is 11.5 Å². The van der Waals surface area contributed by atoms with Crippen LogP contribution in [0.1, 0.15) is 13.8 Å². The van der Waals surface area contributed by atoms with E-state index in [9.17, 15) is 18.3 Å². The predicted molar refractivity (Wildman–Crippen MR) is 129 cm³/mol. The second-order valence-corrected chi connectivity index (χ2v) is 10.1. The number of pyridine rings is 1. The molecule has 1 amide bonds. The van der Waals surface area contributed by atoms with Crippen LogP contribution < -0.4 is 10.0 Å². The van der Waals surface area contributed by atoms with Gasteiger partial charge in [-0.05, 0) is 35.8 Å². The lowest BCUT2D eigenvalue weighted by atomic mass is 10.0. The summed E-state index contributed by atoms with van der Waals surface area (Å²) in [5, 5.41) is 24.0.